The standard InChI is InChI=1S/C11H10Br2O/c1-2-3-4-8-14-11-9(12)6-5-7-10(11)13/h1,5-7H,3-4,8H2. The number of hydrogen-bond acceptors (Lipinski definition) is 1. The topological polar surface area (TPSA) is 9.23 Å². The summed E-state index contributed by atoms with van der Waals surface area (Å²) in [5, 5.41) is 0. The van der Waals surface area contributed by atoms with Crippen LogP contribution in [0.15, 0.2) is 27.1 Å². The maximum absolute atomic E-state index is 5.58. The zero-order chi connectivity index (χ0) is 10.4. The van der Waals surface area contributed by atoms with E-state index in [9.17, 15) is 0 Å². The van der Waals surface area contributed by atoms with Crippen molar-refractivity contribution in [1.29, 1.82) is 0 Å². The lowest BCUT2D eigenvalue weighted by molar-refractivity contribution is 0.309. The number of terminal acetylenes is 1. The summed E-state index contributed by atoms with van der Waals surface area (Å²) in [5.41, 5.74) is 0. The van der Waals surface area contributed by atoms with Gasteiger partial charge in [0.1, 0.15) is 5.75 Å². The van der Waals surface area contributed by atoms with Crippen LogP contribution < -0.4 is 4.74 Å². The van der Waals surface area contributed by atoms with Crippen LogP contribution in [0.1, 0.15) is 12.8 Å². The summed E-state index contributed by atoms with van der Waals surface area (Å²) in [6.45, 7) is 0.644. The van der Waals surface area contributed by atoms with E-state index in [1.807, 2.05) is 18.2 Å². The molecule has 0 saturated carbocycles. The third-order valence-corrected chi connectivity index (χ3v) is 2.88. The highest BCUT2D eigenvalue weighted by Crippen LogP contribution is 2.32. The minimum Gasteiger partial charge on any atom is -0.491 e. The molecular formula is C11H10Br2O. The van der Waals surface area contributed by atoms with Crippen LogP contribution in [0.2, 0.25) is 0 Å². The zero-order valence-electron chi connectivity index (χ0n) is 7.59. The largest absolute Gasteiger partial charge is 0.491 e. The fourth-order valence-electron chi connectivity index (χ4n) is 0.969. The van der Waals surface area contributed by atoms with E-state index < -0.39 is 0 Å². The van der Waals surface area contributed by atoms with Gasteiger partial charge in [-0.1, -0.05) is 6.07 Å². The highest BCUT2D eigenvalue weighted by Gasteiger charge is 2.04. The van der Waals surface area contributed by atoms with E-state index in [0.29, 0.717) is 6.61 Å². The molecule has 1 nitrogen and oxygen atoms in total. The first-order valence-electron chi connectivity index (χ1n) is 4.26. The molecule has 0 heterocycles. The van der Waals surface area contributed by atoms with E-state index in [2.05, 4.69) is 37.8 Å². The van der Waals surface area contributed by atoms with Crippen LogP contribution in [0, 0.1) is 12.3 Å². The predicted molar refractivity (Wildman–Crippen MR) is 65.4 cm³/mol. The first-order valence-corrected chi connectivity index (χ1v) is 5.84. The maximum Gasteiger partial charge on any atom is 0.147 e. The normalized spacial score (nSPS) is 9.50. The number of ether oxygens (including phenoxy) is 1. The van der Waals surface area contributed by atoms with Crippen LogP contribution in [-0.4, -0.2) is 6.61 Å². The molecule has 1 rings (SSSR count). The van der Waals surface area contributed by atoms with Crippen molar-refractivity contribution in [1.82, 2.24) is 0 Å². The van der Waals surface area contributed by atoms with Gasteiger partial charge in [-0.2, -0.15) is 0 Å². The second-order valence-corrected chi connectivity index (χ2v) is 4.42. The Morgan fingerprint density at radius 3 is 2.50 bits per heavy atom. The summed E-state index contributed by atoms with van der Waals surface area (Å²) in [4.78, 5) is 0. The second-order valence-electron chi connectivity index (χ2n) is 2.71. The molecule has 0 bridgehead atoms. The Bertz CT molecular complexity index is 321. The first kappa shape index (κ1) is 11.6. The fourth-order valence-corrected chi connectivity index (χ4v) is 2.20. The van der Waals surface area contributed by atoms with Crippen LogP contribution in [0.4, 0.5) is 0 Å². The highest BCUT2D eigenvalue weighted by molar-refractivity contribution is 9.11. The SMILES string of the molecule is C#CCCCOc1c(Br)cccc1Br. The van der Waals surface area contributed by atoms with Gasteiger partial charge in [-0.3, -0.25) is 0 Å². The molecule has 3 heteroatoms. The average Bonchev–Trinajstić information content (AvgIpc) is 2.16. The van der Waals surface area contributed by atoms with Gasteiger partial charge in [-0.15, -0.1) is 12.3 Å². The third kappa shape index (κ3) is 3.36. The van der Waals surface area contributed by atoms with Gasteiger partial charge >= 0.3 is 0 Å². The predicted octanol–water partition coefficient (Wildman–Crippen LogP) is 4.00. The number of para-hydroxylation sites is 1. The Balaban J connectivity index is 2.54. The van der Waals surface area contributed by atoms with Gasteiger partial charge in [0.2, 0.25) is 0 Å². The molecule has 0 saturated heterocycles. The van der Waals surface area contributed by atoms with Crippen LogP contribution in [0.25, 0.3) is 0 Å². The van der Waals surface area contributed by atoms with Gasteiger partial charge in [0.25, 0.3) is 0 Å². The molecule has 1 aromatic carbocycles. The molecule has 14 heavy (non-hydrogen) atoms. The van der Waals surface area contributed by atoms with Crippen molar-refractivity contribution in [3.8, 4) is 18.1 Å². The Morgan fingerprint density at radius 1 is 1.29 bits per heavy atom. The number of halogens is 2. The van der Waals surface area contributed by atoms with E-state index in [1.165, 1.54) is 0 Å². The van der Waals surface area contributed by atoms with E-state index in [1.54, 1.807) is 0 Å². The molecule has 0 aliphatic rings. The van der Waals surface area contributed by atoms with Crippen molar-refractivity contribution in [2.24, 2.45) is 0 Å². The Morgan fingerprint density at radius 2 is 1.93 bits per heavy atom. The molecule has 0 spiro atoms. The molecular weight excluding hydrogens is 308 g/mol. The smallest absolute Gasteiger partial charge is 0.147 e. The molecule has 0 unspecified atom stereocenters. The first-order chi connectivity index (χ1) is 6.75. The van der Waals surface area contributed by atoms with Crippen molar-refractivity contribution >= 4 is 31.9 Å². The highest BCUT2D eigenvalue weighted by atomic mass is 79.9. The summed E-state index contributed by atoms with van der Waals surface area (Å²) in [5.74, 6) is 3.42. The summed E-state index contributed by atoms with van der Waals surface area (Å²) in [6, 6.07) is 5.84. The van der Waals surface area contributed by atoms with Gasteiger partial charge in [0.15, 0.2) is 0 Å². The Kier molecular flexibility index (Phi) is 5.06. The number of hydrogen-bond donors (Lipinski definition) is 0. The van der Waals surface area contributed by atoms with E-state index in [-0.39, 0.29) is 0 Å². The number of benzene rings is 1. The zero-order valence-corrected chi connectivity index (χ0v) is 10.8. The molecule has 0 amide bonds. The maximum atomic E-state index is 5.58. The molecule has 1 aromatic rings. The van der Waals surface area contributed by atoms with Gasteiger partial charge in [-0.05, 0) is 50.4 Å². The Labute approximate surface area is 101 Å². The lowest BCUT2D eigenvalue weighted by Gasteiger charge is -2.08. The Hall–Kier alpha value is -0.460. The average molecular weight is 318 g/mol. The van der Waals surface area contributed by atoms with E-state index >= 15 is 0 Å². The molecule has 74 valence electrons. The fraction of sp³-hybridized carbons (Fsp3) is 0.273. The molecule has 0 atom stereocenters. The van der Waals surface area contributed by atoms with Gasteiger partial charge in [0, 0.05) is 6.42 Å². The molecule has 0 aliphatic carbocycles. The van der Waals surface area contributed by atoms with Crippen molar-refractivity contribution in [3.63, 3.8) is 0 Å². The van der Waals surface area contributed by atoms with E-state index in [4.69, 9.17) is 11.2 Å². The van der Waals surface area contributed by atoms with Crippen LogP contribution in [0.5, 0.6) is 5.75 Å². The molecule has 0 radical (unpaired) electrons. The third-order valence-electron chi connectivity index (χ3n) is 1.63. The van der Waals surface area contributed by atoms with Crippen molar-refractivity contribution in [2.45, 2.75) is 12.8 Å². The molecule has 0 aromatic heterocycles. The molecule has 0 aliphatic heterocycles. The summed E-state index contributed by atoms with van der Waals surface area (Å²) in [7, 11) is 0. The molecule has 0 fully saturated rings. The lowest BCUT2D eigenvalue weighted by atomic mass is 10.3. The summed E-state index contributed by atoms with van der Waals surface area (Å²) >= 11 is 6.84. The van der Waals surface area contributed by atoms with Gasteiger partial charge < -0.3 is 4.74 Å². The van der Waals surface area contributed by atoms with Crippen molar-refractivity contribution in [2.75, 3.05) is 6.61 Å². The van der Waals surface area contributed by atoms with Gasteiger partial charge in [-0.25, -0.2) is 0 Å². The van der Waals surface area contributed by atoms with Crippen LogP contribution in [0.3, 0.4) is 0 Å². The summed E-state index contributed by atoms with van der Waals surface area (Å²) in [6.07, 6.45) is 6.77. The van der Waals surface area contributed by atoms with E-state index in [0.717, 1.165) is 27.5 Å². The van der Waals surface area contributed by atoms with Crippen molar-refractivity contribution < 1.29 is 4.74 Å². The number of rotatable bonds is 4. The van der Waals surface area contributed by atoms with Crippen LogP contribution >= 0.6 is 31.9 Å². The summed E-state index contributed by atoms with van der Waals surface area (Å²) < 4.78 is 7.48. The van der Waals surface area contributed by atoms with Gasteiger partial charge in [0.05, 0.1) is 15.6 Å². The molecule has 0 N–H and O–H groups in total. The second kappa shape index (κ2) is 6.10. The van der Waals surface area contributed by atoms with Crippen LogP contribution in [-0.2, 0) is 0 Å². The lowest BCUT2D eigenvalue weighted by Crippen LogP contribution is -1.97. The minimum absolute atomic E-state index is 0.644. The monoisotopic (exact) mass is 316 g/mol. The minimum atomic E-state index is 0.644. The van der Waals surface area contributed by atoms with Crippen molar-refractivity contribution in [3.05, 3.63) is 27.1 Å². The number of unbranched alkanes of at least 4 members (excludes halogenated alkanes) is 1. The quantitative estimate of drug-likeness (QED) is 0.602.